The molecule has 0 spiro atoms. The summed E-state index contributed by atoms with van der Waals surface area (Å²) in [5.74, 6) is 0. The molecule has 1 fully saturated rings. The molecule has 0 atom stereocenters. The summed E-state index contributed by atoms with van der Waals surface area (Å²) in [6.07, 6.45) is 0. The van der Waals surface area contributed by atoms with Crippen LogP contribution in [0.5, 0.6) is 0 Å². The highest BCUT2D eigenvalue weighted by Crippen LogP contribution is 2.30. The number of likely N-dealkylation sites (tertiary alicyclic amines) is 1. The lowest BCUT2D eigenvalue weighted by atomic mass is 9.87. The first-order valence-electron chi connectivity index (χ1n) is 4.36. The molecule has 3 heteroatoms. The minimum atomic E-state index is -0.746. The molecule has 0 aliphatic carbocycles. The molecule has 0 unspecified atom stereocenters. The van der Waals surface area contributed by atoms with Gasteiger partial charge in [-0.25, -0.2) is 0 Å². The van der Waals surface area contributed by atoms with E-state index >= 15 is 0 Å². The van der Waals surface area contributed by atoms with Gasteiger partial charge in [0, 0.05) is 13.1 Å². The topological polar surface area (TPSA) is 43.7 Å². The molecule has 1 aromatic rings. The van der Waals surface area contributed by atoms with E-state index in [1.54, 1.807) is 4.90 Å². The summed E-state index contributed by atoms with van der Waals surface area (Å²) in [4.78, 5) is 1.78. The highest BCUT2D eigenvalue weighted by Gasteiger charge is 2.41. The maximum atomic E-state index is 10.0. The molecule has 1 aromatic carbocycles. The third-order valence-corrected chi connectivity index (χ3v) is 2.48. The van der Waals surface area contributed by atoms with Gasteiger partial charge in [-0.3, -0.25) is 4.90 Å². The minimum Gasteiger partial charge on any atom is -0.382 e. The van der Waals surface area contributed by atoms with Gasteiger partial charge in [-0.1, -0.05) is 30.3 Å². The maximum Gasteiger partial charge on any atom is 0.115 e. The van der Waals surface area contributed by atoms with E-state index in [9.17, 15) is 5.11 Å². The number of hydrogen-bond donors (Lipinski definition) is 2. The third kappa shape index (κ3) is 1.46. The molecule has 0 saturated carbocycles. The Bertz CT molecular complexity index is 280. The second-order valence-electron chi connectivity index (χ2n) is 3.53. The molecule has 1 aliphatic rings. The van der Waals surface area contributed by atoms with Crippen LogP contribution in [-0.2, 0) is 5.60 Å². The molecule has 0 radical (unpaired) electrons. The van der Waals surface area contributed by atoms with Crippen LogP contribution in [0.4, 0.5) is 0 Å². The fourth-order valence-electron chi connectivity index (χ4n) is 1.72. The Morgan fingerprint density at radius 2 is 1.85 bits per heavy atom. The zero-order valence-corrected chi connectivity index (χ0v) is 7.35. The fourth-order valence-corrected chi connectivity index (χ4v) is 1.72. The van der Waals surface area contributed by atoms with Crippen LogP contribution in [-0.4, -0.2) is 34.9 Å². The van der Waals surface area contributed by atoms with Gasteiger partial charge in [0.25, 0.3) is 0 Å². The first kappa shape index (κ1) is 8.69. The smallest absolute Gasteiger partial charge is 0.115 e. The lowest BCUT2D eigenvalue weighted by molar-refractivity contribution is -0.130. The number of aliphatic hydroxyl groups excluding tert-OH is 1. The van der Waals surface area contributed by atoms with Gasteiger partial charge in [0.2, 0.25) is 0 Å². The first-order valence-corrected chi connectivity index (χ1v) is 4.36. The highest BCUT2D eigenvalue weighted by atomic mass is 16.3. The van der Waals surface area contributed by atoms with E-state index in [4.69, 9.17) is 5.11 Å². The Morgan fingerprint density at radius 3 is 2.38 bits per heavy atom. The zero-order chi connectivity index (χ0) is 9.31. The van der Waals surface area contributed by atoms with E-state index in [0.29, 0.717) is 13.1 Å². The van der Waals surface area contributed by atoms with Crippen molar-refractivity contribution in [1.29, 1.82) is 0 Å². The van der Waals surface area contributed by atoms with E-state index in [1.165, 1.54) is 0 Å². The van der Waals surface area contributed by atoms with Crippen molar-refractivity contribution in [3.63, 3.8) is 0 Å². The quantitative estimate of drug-likeness (QED) is 0.678. The molecule has 13 heavy (non-hydrogen) atoms. The average molecular weight is 179 g/mol. The van der Waals surface area contributed by atoms with Gasteiger partial charge < -0.3 is 10.2 Å². The molecule has 0 bridgehead atoms. The standard InChI is InChI=1S/C10H13NO2/c12-8-11-6-10(13,7-11)9-4-2-1-3-5-9/h1-5,12-13H,6-8H2. The van der Waals surface area contributed by atoms with Gasteiger partial charge >= 0.3 is 0 Å². The number of β-amino-alcohol motifs (C(OH)–C–C–N with tert-alkyl or cyclic N) is 1. The van der Waals surface area contributed by atoms with Gasteiger partial charge in [-0.2, -0.15) is 0 Å². The molecule has 1 aliphatic heterocycles. The Kier molecular flexibility index (Phi) is 2.07. The first-order chi connectivity index (χ1) is 6.24. The van der Waals surface area contributed by atoms with E-state index < -0.39 is 5.60 Å². The molecule has 1 saturated heterocycles. The van der Waals surface area contributed by atoms with E-state index in [2.05, 4.69) is 0 Å². The number of rotatable bonds is 2. The molecule has 2 N–H and O–H groups in total. The maximum absolute atomic E-state index is 10.0. The van der Waals surface area contributed by atoms with Crippen molar-refractivity contribution in [2.45, 2.75) is 5.60 Å². The Labute approximate surface area is 77.2 Å². The van der Waals surface area contributed by atoms with E-state index in [-0.39, 0.29) is 6.73 Å². The molecule has 70 valence electrons. The molecular formula is C10H13NO2. The van der Waals surface area contributed by atoms with Crippen LogP contribution in [0, 0.1) is 0 Å². The van der Waals surface area contributed by atoms with Crippen molar-refractivity contribution in [2.24, 2.45) is 0 Å². The van der Waals surface area contributed by atoms with E-state index in [1.807, 2.05) is 30.3 Å². The van der Waals surface area contributed by atoms with Crippen molar-refractivity contribution in [1.82, 2.24) is 4.90 Å². The summed E-state index contributed by atoms with van der Waals surface area (Å²) in [5, 5.41) is 18.8. The third-order valence-electron chi connectivity index (χ3n) is 2.48. The average Bonchev–Trinajstić information content (AvgIpc) is 2.14. The summed E-state index contributed by atoms with van der Waals surface area (Å²) in [6, 6.07) is 9.57. The van der Waals surface area contributed by atoms with Crippen LogP contribution in [0.2, 0.25) is 0 Å². The minimum absolute atomic E-state index is 0.0230. The van der Waals surface area contributed by atoms with Crippen molar-refractivity contribution >= 4 is 0 Å². The lowest BCUT2D eigenvalue weighted by Crippen LogP contribution is -2.59. The normalized spacial score (nSPS) is 21.1. The molecule has 0 aromatic heterocycles. The molecule has 2 rings (SSSR count). The summed E-state index contributed by atoms with van der Waals surface area (Å²) in [7, 11) is 0. The van der Waals surface area contributed by atoms with Gasteiger partial charge in [-0.05, 0) is 5.56 Å². The molecule has 3 nitrogen and oxygen atoms in total. The number of hydrogen-bond acceptors (Lipinski definition) is 3. The summed E-state index contributed by atoms with van der Waals surface area (Å²) < 4.78 is 0. The van der Waals surface area contributed by atoms with Crippen LogP contribution in [0.3, 0.4) is 0 Å². The monoisotopic (exact) mass is 179 g/mol. The van der Waals surface area contributed by atoms with Gasteiger partial charge in [-0.15, -0.1) is 0 Å². The van der Waals surface area contributed by atoms with Gasteiger partial charge in [0.15, 0.2) is 0 Å². The van der Waals surface area contributed by atoms with Crippen molar-refractivity contribution < 1.29 is 10.2 Å². The summed E-state index contributed by atoms with van der Waals surface area (Å²) in [5.41, 5.74) is 0.184. The summed E-state index contributed by atoms with van der Waals surface area (Å²) >= 11 is 0. The SMILES string of the molecule is OCN1CC(O)(c2ccccc2)C1. The van der Waals surface area contributed by atoms with Crippen LogP contribution in [0.25, 0.3) is 0 Å². The second kappa shape index (κ2) is 3.10. The number of benzene rings is 1. The largest absolute Gasteiger partial charge is 0.382 e. The number of aliphatic hydroxyl groups is 2. The predicted molar refractivity (Wildman–Crippen MR) is 49.0 cm³/mol. The fraction of sp³-hybridized carbons (Fsp3) is 0.400. The van der Waals surface area contributed by atoms with Crippen LogP contribution in [0.15, 0.2) is 30.3 Å². The zero-order valence-electron chi connectivity index (χ0n) is 7.35. The van der Waals surface area contributed by atoms with E-state index in [0.717, 1.165) is 5.56 Å². The Hall–Kier alpha value is -0.900. The highest BCUT2D eigenvalue weighted by molar-refractivity contribution is 5.25. The Morgan fingerprint density at radius 1 is 1.23 bits per heavy atom. The lowest BCUT2D eigenvalue weighted by Gasteiger charge is -2.45. The van der Waals surface area contributed by atoms with Crippen LogP contribution in [0.1, 0.15) is 5.56 Å². The molecular weight excluding hydrogens is 166 g/mol. The van der Waals surface area contributed by atoms with Crippen molar-refractivity contribution in [3.8, 4) is 0 Å². The van der Waals surface area contributed by atoms with Crippen LogP contribution < -0.4 is 0 Å². The Balaban J connectivity index is 2.11. The van der Waals surface area contributed by atoms with Crippen molar-refractivity contribution in [2.75, 3.05) is 19.8 Å². The van der Waals surface area contributed by atoms with Crippen LogP contribution >= 0.6 is 0 Å². The summed E-state index contributed by atoms with van der Waals surface area (Å²) in [6.45, 7) is 1.07. The molecule has 1 heterocycles. The molecule has 0 amide bonds. The number of nitrogens with zero attached hydrogens (tertiary/aromatic N) is 1. The van der Waals surface area contributed by atoms with Gasteiger partial charge in [0.05, 0.1) is 6.73 Å². The second-order valence-corrected chi connectivity index (χ2v) is 3.53. The predicted octanol–water partition coefficient (Wildman–Crippen LogP) is 0.140. The van der Waals surface area contributed by atoms with Gasteiger partial charge in [0.1, 0.15) is 5.60 Å². The van der Waals surface area contributed by atoms with Crippen molar-refractivity contribution in [3.05, 3.63) is 35.9 Å².